The number of hydrogen-bond donors (Lipinski definition) is 1. The van der Waals surface area contributed by atoms with Gasteiger partial charge in [-0.05, 0) is 43.9 Å². The zero-order valence-corrected chi connectivity index (χ0v) is 12.9. The summed E-state index contributed by atoms with van der Waals surface area (Å²) in [5.74, 6) is 2.54. The van der Waals surface area contributed by atoms with E-state index in [-0.39, 0.29) is 0 Å². The number of piperazine rings is 1. The van der Waals surface area contributed by atoms with Crippen LogP contribution in [0, 0.1) is 17.8 Å². The fourth-order valence-corrected chi connectivity index (χ4v) is 3.57. The van der Waals surface area contributed by atoms with Crippen molar-refractivity contribution < 1.29 is 0 Å². The molecule has 0 aromatic rings. The van der Waals surface area contributed by atoms with Crippen LogP contribution in [0.5, 0.6) is 0 Å². The van der Waals surface area contributed by atoms with Crippen LogP contribution in [-0.4, -0.2) is 36.1 Å². The summed E-state index contributed by atoms with van der Waals surface area (Å²) in [7, 11) is 0. The van der Waals surface area contributed by atoms with Crippen molar-refractivity contribution >= 4 is 0 Å². The molecule has 1 aliphatic carbocycles. The van der Waals surface area contributed by atoms with Gasteiger partial charge in [0.1, 0.15) is 0 Å². The molecule has 3 atom stereocenters. The van der Waals surface area contributed by atoms with Gasteiger partial charge in [-0.1, -0.05) is 27.7 Å². The summed E-state index contributed by atoms with van der Waals surface area (Å²) < 4.78 is 0. The molecule has 1 saturated carbocycles. The van der Waals surface area contributed by atoms with Crippen molar-refractivity contribution in [2.75, 3.05) is 13.1 Å². The van der Waals surface area contributed by atoms with Gasteiger partial charge in [-0.2, -0.15) is 0 Å². The monoisotopic (exact) mass is 252 g/mol. The molecular formula is C16H32N2. The van der Waals surface area contributed by atoms with E-state index in [1.807, 2.05) is 0 Å². The Morgan fingerprint density at radius 2 is 1.78 bits per heavy atom. The summed E-state index contributed by atoms with van der Waals surface area (Å²) >= 11 is 0. The van der Waals surface area contributed by atoms with Crippen LogP contribution >= 0.6 is 0 Å². The second kappa shape index (κ2) is 5.92. The van der Waals surface area contributed by atoms with Gasteiger partial charge in [-0.3, -0.25) is 4.90 Å². The Balaban J connectivity index is 1.98. The average molecular weight is 252 g/mol. The van der Waals surface area contributed by atoms with Gasteiger partial charge < -0.3 is 5.32 Å². The smallest absolute Gasteiger partial charge is 0.0247 e. The van der Waals surface area contributed by atoms with E-state index in [4.69, 9.17) is 0 Å². The lowest BCUT2D eigenvalue weighted by Crippen LogP contribution is -2.61. The van der Waals surface area contributed by atoms with Crippen molar-refractivity contribution in [1.82, 2.24) is 10.2 Å². The zero-order valence-electron chi connectivity index (χ0n) is 12.9. The van der Waals surface area contributed by atoms with E-state index < -0.39 is 0 Å². The summed E-state index contributed by atoms with van der Waals surface area (Å²) in [5, 5.41) is 3.81. The molecule has 3 unspecified atom stereocenters. The molecule has 0 bridgehead atoms. The number of nitrogens with one attached hydrogen (secondary N) is 1. The fraction of sp³-hybridized carbons (Fsp3) is 1.00. The maximum atomic E-state index is 3.81. The summed E-state index contributed by atoms with van der Waals surface area (Å²) in [4.78, 5) is 2.81. The SMILES string of the molecule is CC(C)CC(C)N1CC(C2CC2)NCC1C(C)C. The van der Waals surface area contributed by atoms with Crippen LogP contribution in [0.15, 0.2) is 0 Å². The Bertz CT molecular complexity index is 258. The van der Waals surface area contributed by atoms with Crippen LogP contribution in [0.1, 0.15) is 53.9 Å². The standard InChI is InChI=1S/C16H32N2/c1-11(2)8-13(5)18-10-15(14-6-7-14)17-9-16(18)12(3)4/h11-17H,6-10H2,1-5H3. The molecule has 1 heterocycles. The normalized spacial score (nSPS) is 32.2. The first-order chi connectivity index (χ1) is 8.49. The first kappa shape index (κ1) is 14.3. The van der Waals surface area contributed by atoms with Gasteiger partial charge in [-0.15, -0.1) is 0 Å². The van der Waals surface area contributed by atoms with Crippen molar-refractivity contribution in [2.45, 2.75) is 72.0 Å². The lowest BCUT2D eigenvalue weighted by Gasteiger charge is -2.46. The Hall–Kier alpha value is -0.0800. The molecule has 2 fully saturated rings. The van der Waals surface area contributed by atoms with E-state index in [1.54, 1.807) is 0 Å². The van der Waals surface area contributed by atoms with Crippen molar-refractivity contribution in [3.05, 3.63) is 0 Å². The molecule has 2 rings (SSSR count). The summed E-state index contributed by atoms with van der Waals surface area (Å²) in [6.07, 6.45) is 4.24. The fourth-order valence-electron chi connectivity index (χ4n) is 3.57. The maximum absolute atomic E-state index is 3.81. The molecular weight excluding hydrogens is 220 g/mol. The lowest BCUT2D eigenvalue weighted by atomic mass is 9.93. The maximum Gasteiger partial charge on any atom is 0.0247 e. The van der Waals surface area contributed by atoms with E-state index in [1.165, 1.54) is 32.4 Å². The molecule has 18 heavy (non-hydrogen) atoms. The van der Waals surface area contributed by atoms with Gasteiger partial charge in [0.25, 0.3) is 0 Å². The van der Waals surface area contributed by atoms with Gasteiger partial charge in [-0.25, -0.2) is 0 Å². The van der Waals surface area contributed by atoms with Crippen LogP contribution < -0.4 is 5.32 Å². The molecule has 0 spiro atoms. The molecule has 0 aromatic heterocycles. The van der Waals surface area contributed by atoms with Crippen LogP contribution in [-0.2, 0) is 0 Å². The van der Waals surface area contributed by atoms with E-state index in [2.05, 4.69) is 44.8 Å². The van der Waals surface area contributed by atoms with Crippen LogP contribution in [0.2, 0.25) is 0 Å². The van der Waals surface area contributed by atoms with Gasteiger partial charge in [0.05, 0.1) is 0 Å². The molecule has 0 radical (unpaired) electrons. The largest absolute Gasteiger partial charge is 0.311 e. The highest BCUT2D eigenvalue weighted by atomic mass is 15.3. The Kier molecular flexibility index (Phi) is 4.71. The van der Waals surface area contributed by atoms with Crippen LogP contribution in [0.25, 0.3) is 0 Å². The second-order valence-electron chi connectivity index (χ2n) is 7.34. The van der Waals surface area contributed by atoms with Crippen molar-refractivity contribution in [1.29, 1.82) is 0 Å². The van der Waals surface area contributed by atoms with Crippen LogP contribution in [0.4, 0.5) is 0 Å². The number of hydrogen-bond acceptors (Lipinski definition) is 2. The summed E-state index contributed by atoms with van der Waals surface area (Å²) in [6, 6.07) is 2.24. The van der Waals surface area contributed by atoms with Crippen LogP contribution in [0.3, 0.4) is 0 Å². The summed E-state index contributed by atoms with van der Waals surface area (Å²) in [6.45, 7) is 14.4. The lowest BCUT2D eigenvalue weighted by molar-refractivity contribution is 0.0493. The third-order valence-corrected chi connectivity index (χ3v) is 4.76. The predicted octanol–water partition coefficient (Wildman–Crippen LogP) is 3.13. The average Bonchev–Trinajstić information content (AvgIpc) is 3.10. The summed E-state index contributed by atoms with van der Waals surface area (Å²) in [5.41, 5.74) is 0. The molecule has 0 amide bonds. The minimum Gasteiger partial charge on any atom is -0.311 e. The molecule has 2 aliphatic rings. The van der Waals surface area contributed by atoms with E-state index in [0.29, 0.717) is 0 Å². The molecule has 1 saturated heterocycles. The third-order valence-electron chi connectivity index (χ3n) is 4.76. The zero-order chi connectivity index (χ0) is 13.3. The second-order valence-corrected chi connectivity index (χ2v) is 7.34. The first-order valence-corrected chi connectivity index (χ1v) is 7.98. The first-order valence-electron chi connectivity index (χ1n) is 7.98. The Morgan fingerprint density at radius 1 is 1.11 bits per heavy atom. The van der Waals surface area contributed by atoms with Gasteiger partial charge >= 0.3 is 0 Å². The number of nitrogens with zero attached hydrogens (tertiary/aromatic N) is 1. The minimum atomic E-state index is 0.730. The highest BCUT2D eigenvalue weighted by molar-refractivity contribution is 4.96. The Labute approximate surface area is 114 Å². The molecule has 1 aliphatic heterocycles. The van der Waals surface area contributed by atoms with Gasteiger partial charge in [0.2, 0.25) is 0 Å². The van der Waals surface area contributed by atoms with E-state index >= 15 is 0 Å². The molecule has 2 heteroatoms. The van der Waals surface area contributed by atoms with Crippen molar-refractivity contribution in [3.63, 3.8) is 0 Å². The van der Waals surface area contributed by atoms with E-state index in [9.17, 15) is 0 Å². The predicted molar refractivity (Wildman–Crippen MR) is 78.8 cm³/mol. The molecule has 106 valence electrons. The minimum absolute atomic E-state index is 0.730. The Morgan fingerprint density at radius 3 is 2.28 bits per heavy atom. The van der Waals surface area contributed by atoms with Gasteiger partial charge in [0, 0.05) is 31.2 Å². The quantitative estimate of drug-likeness (QED) is 0.809. The highest BCUT2D eigenvalue weighted by Gasteiger charge is 2.39. The topological polar surface area (TPSA) is 15.3 Å². The molecule has 1 N–H and O–H groups in total. The molecule has 0 aromatic carbocycles. The van der Waals surface area contributed by atoms with Gasteiger partial charge in [0.15, 0.2) is 0 Å². The number of rotatable bonds is 5. The van der Waals surface area contributed by atoms with Crippen molar-refractivity contribution in [2.24, 2.45) is 17.8 Å². The van der Waals surface area contributed by atoms with Crippen molar-refractivity contribution in [3.8, 4) is 0 Å². The third kappa shape index (κ3) is 3.48. The molecule has 2 nitrogen and oxygen atoms in total. The highest BCUT2D eigenvalue weighted by Crippen LogP contribution is 2.35. The van der Waals surface area contributed by atoms with E-state index in [0.717, 1.165) is 35.9 Å².